The summed E-state index contributed by atoms with van der Waals surface area (Å²) in [6, 6.07) is 4.93. The number of hydrogen-bond acceptors (Lipinski definition) is 4. The molecule has 160 valence electrons. The number of carboxylic acids is 1. The molecule has 1 aliphatic heterocycles. The van der Waals surface area contributed by atoms with Gasteiger partial charge in [0.2, 0.25) is 0 Å². The lowest BCUT2D eigenvalue weighted by Gasteiger charge is -2.31. The number of halogens is 1. The molecule has 30 heavy (non-hydrogen) atoms. The van der Waals surface area contributed by atoms with Crippen LogP contribution in [0.1, 0.15) is 42.4 Å². The first-order chi connectivity index (χ1) is 14.0. The van der Waals surface area contributed by atoms with Gasteiger partial charge in [-0.1, -0.05) is 30.7 Å². The second-order valence-corrected chi connectivity index (χ2v) is 8.11. The molecule has 1 aromatic heterocycles. The molecule has 9 nitrogen and oxygen atoms in total. The number of benzene rings is 1. The lowest BCUT2D eigenvalue weighted by atomic mass is 10.0. The largest absolute Gasteiger partial charge is 0.480 e. The van der Waals surface area contributed by atoms with Gasteiger partial charge < -0.3 is 21.1 Å². The summed E-state index contributed by atoms with van der Waals surface area (Å²) < 4.78 is 1.66. The quantitative estimate of drug-likeness (QED) is 0.665. The number of fused-ring (bicyclic) bond motifs is 1. The second kappa shape index (κ2) is 7.98. The average molecular weight is 434 g/mol. The van der Waals surface area contributed by atoms with E-state index in [-0.39, 0.29) is 12.1 Å². The SMILES string of the molecule is CCc1ccc(-c2nn3c(c2C(N)=O)CN(C(=O)NC(C)(C)C(=O)O)CC3)cc1Cl. The van der Waals surface area contributed by atoms with E-state index in [1.807, 2.05) is 19.1 Å². The Labute approximate surface area is 178 Å². The van der Waals surface area contributed by atoms with E-state index >= 15 is 0 Å². The number of amides is 3. The fourth-order valence-corrected chi connectivity index (χ4v) is 3.65. The number of aromatic nitrogens is 2. The van der Waals surface area contributed by atoms with Crippen molar-refractivity contribution in [2.75, 3.05) is 6.54 Å². The molecule has 3 rings (SSSR count). The van der Waals surface area contributed by atoms with E-state index in [0.717, 1.165) is 12.0 Å². The van der Waals surface area contributed by atoms with Gasteiger partial charge in [0.1, 0.15) is 11.2 Å². The highest BCUT2D eigenvalue weighted by Crippen LogP contribution is 2.31. The van der Waals surface area contributed by atoms with Crippen LogP contribution >= 0.6 is 11.6 Å². The van der Waals surface area contributed by atoms with Crippen LogP contribution in [-0.2, 0) is 24.3 Å². The number of primary amides is 1. The topological polar surface area (TPSA) is 131 Å². The van der Waals surface area contributed by atoms with Crippen LogP contribution in [0.15, 0.2) is 18.2 Å². The molecule has 0 spiro atoms. The lowest BCUT2D eigenvalue weighted by Crippen LogP contribution is -2.55. The molecule has 0 unspecified atom stereocenters. The molecular formula is C20H24ClN5O4. The van der Waals surface area contributed by atoms with Gasteiger partial charge in [-0.15, -0.1) is 0 Å². The zero-order valence-electron chi connectivity index (χ0n) is 17.0. The molecule has 4 N–H and O–H groups in total. The summed E-state index contributed by atoms with van der Waals surface area (Å²) in [7, 11) is 0. The van der Waals surface area contributed by atoms with Crippen LogP contribution < -0.4 is 11.1 Å². The highest BCUT2D eigenvalue weighted by molar-refractivity contribution is 6.31. The Bertz CT molecular complexity index is 1030. The lowest BCUT2D eigenvalue weighted by molar-refractivity contribution is -0.143. The number of aryl methyl sites for hydroxylation is 1. The van der Waals surface area contributed by atoms with Gasteiger partial charge in [0, 0.05) is 17.1 Å². The van der Waals surface area contributed by atoms with Crippen LogP contribution in [0.4, 0.5) is 4.79 Å². The number of urea groups is 1. The van der Waals surface area contributed by atoms with Crippen molar-refractivity contribution in [2.45, 2.75) is 45.8 Å². The van der Waals surface area contributed by atoms with Crippen LogP contribution in [0.25, 0.3) is 11.3 Å². The minimum Gasteiger partial charge on any atom is -0.480 e. The number of nitrogens with zero attached hydrogens (tertiary/aromatic N) is 3. The summed E-state index contributed by atoms with van der Waals surface area (Å²) in [5.74, 6) is -1.81. The molecular weight excluding hydrogens is 410 g/mol. The van der Waals surface area contributed by atoms with Crippen molar-refractivity contribution in [3.63, 3.8) is 0 Å². The van der Waals surface area contributed by atoms with Crippen molar-refractivity contribution < 1.29 is 19.5 Å². The third-order valence-electron chi connectivity index (χ3n) is 5.18. The van der Waals surface area contributed by atoms with Crippen molar-refractivity contribution >= 4 is 29.5 Å². The van der Waals surface area contributed by atoms with E-state index in [9.17, 15) is 19.5 Å². The van der Waals surface area contributed by atoms with E-state index in [2.05, 4.69) is 10.4 Å². The number of nitrogens with two attached hydrogens (primary N) is 1. The van der Waals surface area contributed by atoms with Crippen LogP contribution in [0.2, 0.25) is 5.02 Å². The number of nitrogens with one attached hydrogen (secondary N) is 1. The molecule has 0 radical (unpaired) electrons. The average Bonchev–Trinajstić information content (AvgIpc) is 3.06. The second-order valence-electron chi connectivity index (χ2n) is 7.70. The first-order valence-corrected chi connectivity index (χ1v) is 9.91. The third kappa shape index (κ3) is 3.97. The van der Waals surface area contributed by atoms with Gasteiger partial charge in [0.15, 0.2) is 0 Å². The maximum atomic E-state index is 12.6. The van der Waals surface area contributed by atoms with Gasteiger partial charge >= 0.3 is 12.0 Å². The smallest absolute Gasteiger partial charge is 0.328 e. The number of rotatable bonds is 5. The standard InChI is InChI=1S/C20H24ClN5O4/c1-4-11-5-6-12(9-13(11)21)16-15(17(22)27)14-10-25(7-8-26(14)24-16)19(30)23-20(2,3)18(28)29/h5-6,9H,4,7-8,10H2,1-3H3,(H2,22,27)(H,23,30)(H,28,29). The summed E-state index contributed by atoms with van der Waals surface area (Å²) in [5, 5.41) is 16.8. The van der Waals surface area contributed by atoms with Crippen molar-refractivity contribution in [3.8, 4) is 11.3 Å². The third-order valence-corrected chi connectivity index (χ3v) is 5.53. The van der Waals surface area contributed by atoms with Crippen molar-refractivity contribution in [1.29, 1.82) is 0 Å². The van der Waals surface area contributed by atoms with Crippen LogP contribution in [0.3, 0.4) is 0 Å². The van der Waals surface area contributed by atoms with E-state index in [0.29, 0.717) is 35.1 Å². The van der Waals surface area contributed by atoms with E-state index in [1.54, 1.807) is 10.7 Å². The molecule has 3 amide bonds. The number of carbonyl (C=O) groups excluding carboxylic acids is 2. The number of aliphatic carboxylic acids is 1. The Morgan fingerprint density at radius 2 is 2.00 bits per heavy atom. The summed E-state index contributed by atoms with van der Waals surface area (Å²) in [6.07, 6.45) is 0.776. The zero-order valence-corrected chi connectivity index (χ0v) is 17.8. The van der Waals surface area contributed by atoms with Crippen LogP contribution in [0.5, 0.6) is 0 Å². The van der Waals surface area contributed by atoms with Crippen molar-refractivity contribution in [3.05, 3.63) is 40.0 Å². The summed E-state index contributed by atoms with van der Waals surface area (Å²) >= 11 is 6.33. The monoisotopic (exact) mass is 433 g/mol. The normalized spacial score (nSPS) is 13.7. The van der Waals surface area contributed by atoms with E-state index in [4.69, 9.17) is 17.3 Å². The zero-order chi connectivity index (χ0) is 22.2. The van der Waals surface area contributed by atoms with Crippen LogP contribution in [0, 0.1) is 0 Å². The molecule has 0 fully saturated rings. The Hall–Kier alpha value is -3.07. The molecule has 0 atom stereocenters. The predicted molar refractivity (Wildman–Crippen MR) is 111 cm³/mol. The van der Waals surface area contributed by atoms with E-state index < -0.39 is 23.4 Å². The Morgan fingerprint density at radius 3 is 2.57 bits per heavy atom. The maximum absolute atomic E-state index is 12.6. The number of hydrogen-bond donors (Lipinski definition) is 3. The molecule has 1 aliphatic rings. The van der Waals surface area contributed by atoms with Gasteiger partial charge in [-0.05, 0) is 31.9 Å². The highest BCUT2D eigenvalue weighted by Gasteiger charge is 2.34. The van der Waals surface area contributed by atoms with E-state index in [1.165, 1.54) is 18.7 Å². The van der Waals surface area contributed by atoms with Gasteiger partial charge in [0.25, 0.3) is 5.91 Å². The molecule has 0 saturated heterocycles. The van der Waals surface area contributed by atoms with Gasteiger partial charge in [-0.2, -0.15) is 5.10 Å². The van der Waals surface area contributed by atoms with Crippen molar-refractivity contribution in [1.82, 2.24) is 20.0 Å². The predicted octanol–water partition coefficient (Wildman–Crippen LogP) is 2.25. The highest BCUT2D eigenvalue weighted by atomic mass is 35.5. The molecule has 0 aliphatic carbocycles. The fraction of sp³-hybridized carbons (Fsp3) is 0.400. The molecule has 2 heterocycles. The molecule has 2 aromatic rings. The minimum absolute atomic E-state index is 0.0770. The summed E-state index contributed by atoms with van der Waals surface area (Å²) in [4.78, 5) is 37.6. The molecule has 10 heteroatoms. The van der Waals surface area contributed by atoms with Gasteiger partial charge in [-0.25, -0.2) is 9.59 Å². The van der Waals surface area contributed by atoms with Crippen molar-refractivity contribution in [2.24, 2.45) is 5.73 Å². The maximum Gasteiger partial charge on any atom is 0.328 e. The first-order valence-electron chi connectivity index (χ1n) is 9.54. The number of carboxylic acid groups (broad SMARTS) is 1. The van der Waals surface area contributed by atoms with Gasteiger partial charge in [0.05, 0.1) is 24.3 Å². The molecule has 1 aromatic carbocycles. The fourth-order valence-electron chi connectivity index (χ4n) is 3.33. The molecule has 0 bridgehead atoms. The Kier molecular flexibility index (Phi) is 5.76. The summed E-state index contributed by atoms with van der Waals surface area (Å²) in [5.41, 5.74) is 7.01. The minimum atomic E-state index is -1.43. The Morgan fingerprint density at radius 1 is 1.30 bits per heavy atom. The molecule has 0 saturated carbocycles. The Balaban J connectivity index is 1.95. The first kappa shape index (κ1) is 21.6. The summed E-state index contributed by atoms with van der Waals surface area (Å²) in [6.45, 7) is 5.53. The van der Waals surface area contributed by atoms with Gasteiger partial charge in [-0.3, -0.25) is 9.48 Å². The number of carbonyl (C=O) groups is 3. The van der Waals surface area contributed by atoms with Crippen LogP contribution in [-0.4, -0.2) is 49.8 Å².